The minimum atomic E-state index is -0.0370. The van der Waals surface area contributed by atoms with Crippen LogP contribution in [0.2, 0.25) is 0 Å². The summed E-state index contributed by atoms with van der Waals surface area (Å²) in [7, 11) is 0. The Labute approximate surface area is 155 Å². The van der Waals surface area contributed by atoms with E-state index in [-0.39, 0.29) is 6.29 Å². The molecule has 0 atom stereocenters. The number of hydrogen-bond acceptors (Lipinski definition) is 6. The average molecular weight is 360 g/mol. The standard InChI is InChI=1S/C12H10N2O2.C6H14O2.C2H4/c13-10-3-6-12(14-7-10)16-11-4-1-9(8-15)2-5-11;1-4-7-6(3)8-5-2;1-2/h1-8H,13H2;6H,4-5H2,1-3H3;1-2H2. The number of benzene rings is 1. The van der Waals surface area contributed by atoms with Crippen LogP contribution < -0.4 is 10.5 Å². The van der Waals surface area contributed by atoms with E-state index in [0.717, 1.165) is 19.5 Å². The van der Waals surface area contributed by atoms with E-state index in [0.29, 0.717) is 22.9 Å². The van der Waals surface area contributed by atoms with Gasteiger partial charge in [-0.05, 0) is 51.1 Å². The van der Waals surface area contributed by atoms with Gasteiger partial charge in [-0.1, -0.05) is 0 Å². The van der Waals surface area contributed by atoms with Crippen LogP contribution in [0, 0.1) is 0 Å². The Morgan fingerprint density at radius 1 is 1.08 bits per heavy atom. The van der Waals surface area contributed by atoms with Crippen LogP contribution in [0.25, 0.3) is 0 Å². The van der Waals surface area contributed by atoms with Gasteiger partial charge in [0.15, 0.2) is 6.29 Å². The third-order valence-corrected chi connectivity index (χ3v) is 2.80. The van der Waals surface area contributed by atoms with Gasteiger partial charge >= 0.3 is 0 Å². The van der Waals surface area contributed by atoms with E-state index in [9.17, 15) is 4.79 Å². The molecule has 6 heteroatoms. The van der Waals surface area contributed by atoms with Gasteiger partial charge in [-0.2, -0.15) is 0 Å². The second-order valence-electron chi connectivity index (χ2n) is 4.70. The highest BCUT2D eigenvalue weighted by molar-refractivity contribution is 5.74. The van der Waals surface area contributed by atoms with Crippen molar-refractivity contribution in [2.24, 2.45) is 0 Å². The number of nitrogens with two attached hydrogens (primary N) is 1. The second-order valence-corrected chi connectivity index (χ2v) is 4.70. The van der Waals surface area contributed by atoms with Crippen molar-refractivity contribution >= 4 is 12.0 Å². The quantitative estimate of drug-likeness (QED) is 0.445. The number of nitrogens with zero attached hydrogens (tertiary/aromatic N) is 1. The minimum absolute atomic E-state index is 0.0370. The third kappa shape index (κ3) is 10.2. The number of aromatic nitrogens is 1. The Balaban J connectivity index is 0.000000533. The summed E-state index contributed by atoms with van der Waals surface area (Å²) in [5.41, 5.74) is 6.70. The third-order valence-electron chi connectivity index (χ3n) is 2.80. The molecular formula is C20H28N2O4. The van der Waals surface area contributed by atoms with Gasteiger partial charge in [-0.25, -0.2) is 4.98 Å². The van der Waals surface area contributed by atoms with Crippen molar-refractivity contribution in [1.29, 1.82) is 0 Å². The molecule has 0 aliphatic heterocycles. The number of anilines is 1. The van der Waals surface area contributed by atoms with Crippen molar-refractivity contribution in [2.45, 2.75) is 27.1 Å². The molecule has 0 fully saturated rings. The number of pyridine rings is 1. The summed E-state index contributed by atoms with van der Waals surface area (Å²) in [6.07, 6.45) is 2.27. The highest BCUT2D eigenvalue weighted by atomic mass is 16.7. The Bertz CT molecular complexity index is 594. The molecule has 0 saturated heterocycles. The summed E-state index contributed by atoms with van der Waals surface area (Å²) < 4.78 is 15.6. The van der Waals surface area contributed by atoms with Crippen molar-refractivity contribution in [2.75, 3.05) is 18.9 Å². The summed E-state index contributed by atoms with van der Waals surface area (Å²) in [6.45, 7) is 13.3. The van der Waals surface area contributed by atoms with Gasteiger partial charge in [-0.15, -0.1) is 13.2 Å². The predicted octanol–water partition coefficient (Wildman–Crippen LogP) is 4.48. The summed E-state index contributed by atoms with van der Waals surface area (Å²) in [6, 6.07) is 10.2. The number of aldehydes is 1. The van der Waals surface area contributed by atoms with E-state index in [1.54, 1.807) is 36.4 Å². The van der Waals surface area contributed by atoms with E-state index < -0.39 is 0 Å². The number of rotatable bonds is 7. The van der Waals surface area contributed by atoms with Crippen LogP contribution in [0.15, 0.2) is 55.8 Å². The molecule has 0 aliphatic carbocycles. The van der Waals surface area contributed by atoms with Crippen LogP contribution >= 0.6 is 0 Å². The Kier molecular flexibility index (Phi) is 13.1. The first-order valence-corrected chi connectivity index (χ1v) is 8.26. The second kappa shape index (κ2) is 14.6. The highest BCUT2D eigenvalue weighted by Gasteiger charge is 1.98. The van der Waals surface area contributed by atoms with Crippen LogP contribution in [-0.4, -0.2) is 30.8 Å². The van der Waals surface area contributed by atoms with Crippen molar-refractivity contribution in [3.05, 3.63) is 61.3 Å². The molecule has 0 spiro atoms. The van der Waals surface area contributed by atoms with E-state index in [2.05, 4.69) is 18.1 Å². The number of hydrogen-bond donors (Lipinski definition) is 1. The minimum Gasteiger partial charge on any atom is -0.439 e. The molecule has 1 heterocycles. The van der Waals surface area contributed by atoms with Crippen LogP contribution in [0.1, 0.15) is 31.1 Å². The molecule has 6 nitrogen and oxygen atoms in total. The molecular weight excluding hydrogens is 332 g/mol. The molecule has 0 bridgehead atoms. The smallest absolute Gasteiger partial charge is 0.219 e. The van der Waals surface area contributed by atoms with Crippen molar-refractivity contribution in [1.82, 2.24) is 4.98 Å². The molecule has 1 aromatic heterocycles. The molecule has 1 aromatic carbocycles. The van der Waals surface area contributed by atoms with Crippen LogP contribution in [0.4, 0.5) is 5.69 Å². The maximum atomic E-state index is 10.4. The van der Waals surface area contributed by atoms with Crippen molar-refractivity contribution < 1.29 is 19.0 Å². The lowest BCUT2D eigenvalue weighted by Crippen LogP contribution is -2.11. The molecule has 0 unspecified atom stereocenters. The monoisotopic (exact) mass is 360 g/mol. The highest BCUT2D eigenvalue weighted by Crippen LogP contribution is 2.19. The molecule has 2 N–H and O–H groups in total. The Morgan fingerprint density at radius 2 is 1.65 bits per heavy atom. The van der Waals surface area contributed by atoms with Gasteiger partial charge < -0.3 is 19.9 Å². The SMILES string of the molecule is C=C.CCOC(C)OCC.Nc1ccc(Oc2ccc(C=O)cc2)nc1. The number of nitrogen functional groups attached to an aromatic ring is 1. The largest absolute Gasteiger partial charge is 0.439 e. The summed E-state index contributed by atoms with van der Waals surface area (Å²) in [5.74, 6) is 1.09. The number of carbonyl (C=O) groups is 1. The molecule has 2 aromatic rings. The van der Waals surface area contributed by atoms with Gasteiger partial charge in [-0.3, -0.25) is 4.79 Å². The predicted molar refractivity (Wildman–Crippen MR) is 105 cm³/mol. The first-order chi connectivity index (χ1) is 12.6. The number of ether oxygens (including phenoxy) is 3. The van der Waals surface area contributed by atoms with Gasteiger partial charge in [0.1, 0.15) is 12.0 Å². The molecule has 142 valence electrons. The summed E-state index contributed by atoms with van der Waals surface area (Å²) in [4.78, 5) is 14.4. The first kappa shape index (κ1) is 23.3. The Hall–Kier alpha value is -2.70. The van der Waals surface area contributed by atoms with Crippen LogP contribution in [0.3, 0.4) is 0 Å². The van der Waals surface area contributed by atoms with E-state index in [4.69, 9.17) is 19.9 Å². The fourth-order valence-corrected chi connectivity index (χ4v) is 1.70. The van der Waals surface area contributed by atoms with Crippen molar-refractivity contribution in [3.63, 3.8) is 0 Å². The zero-order chi connectivity index (χ0) is 19.8. The van der Waals surface area contributed by atoms with Gasteiger partial charge in [0.05, 0.1) is 11.9 Å². The van der Waals surface area contributed by atoms with E-state index in [1.165, 1.54) is 6.20 Å². The Morgan fingerprint density at radius 3 is 2.08 bits per heavy atom. The lowest BCUT2D eigenvalue weighted by molar-refractivity contribution is -0.123. The fourth-order valence-electron chi connectivity index (χ4n) is 1.70. The van der Waals surface area contributed by atoms with Gasteiger partial charge in [0, 0.05) is 24.8 Å². The average Bonchev–Trinajstić information content (AvgIpc) is 2.67. The summed E-state index contributed by atoms with van der Waals surface area (Å²) in [5, 5.41) is 0. The van der Waals surface area contributed by atoms with E-state index in [1.807, 2.05) is 20.8 Å². The number of carbonyl (C=O) groups excluding carboxylic acids is 1. The molecule has 2 rings (SSSR count). The lowest BCUT2D eigenvalue weighted by Gasteiger charge is -2.09. The normalized spacial score (nSPS) is 9.38. The van der Waals surface area contributed by atoms with Crippen LogP contribution in [-0.2, 0) is 9.47 Å². The molecule has 26 heavy (non-hydrogen) atoms. The fraction of sp³-hybridized carbons (Fsp3) is 0.300. The molecule has 0 radical (unpaired) electrons. The molecule has 0 saturated carbocycles. The van der Waals surface area contributed by atoms with E-state index >= 15 is 0 Å². The topological polar surface area (TPSA) is 83.7 Å². The maximum Gasteiger partial charge on any atom is 0.219 e. The zero-order valence-corrected chi connectivity index (χ0v) is 15.7. The van der Waals surface area contributed by atoms with Crippen molar-refractivity contribution in [3.8, 4) is 11.6 Å². The first-order valence-electron chi connectivity index (χ1n) is 8.26. The van der Waals surface area contributed by atoms with Gasteiger partial charge in [0.25, 0.3) is 0 Å². The summed E-state index contributed by atoms with van der Waals surface area (Å²) >= 11 is 0. The maximum absolute atomic E-state index is 10.4. The lowest BCUT2D eigenvalue weighted by atomic mass is 10.2. The molecule has 0 amide bonds. The molecule has 0 aliphatic rings. The zero-order valence-electron chi connectivity index (χ0n) is 15.7. The van der Waals surface area contributed by atoms with Gasteiger partial charge in [0.2, 0.25) is 5.88 Å². The van der Waals surface area contributed by atoms with Crippen LogP contribution in [0.5, 0.6) is 11.6 Å².